The Bertz CT molecular complexity index is 484. The number of ether oxygens (including phenoxy) is 1. The van der Waals surface area contributed by atoms with E-state index >= 15 is 0 Å². The van der Waals surface area contributed by atoms with Gasteiger partial charge in [0, 0.05) is 19.6 Å². The van der Waals surface area contributed by atoms with Gasteiger partial charge in [-0.05, 0) is 25.0 Å². The van der Waals surface area contributed by atoms with Gasteiger partial charge in [-0.2, -0.15) is 0 Å². The van der Waals surface area contributed by atoms with Crippen LogP contribution in [0.1, 0.15) is 19.6 Å². The fourth-order valence-electron chi connectivity index (χ4n) is 2.58. The van der Waals surface area contributed by atoms with Crippen LogP contribution >= 0.6 is 0 Å². The maximum Gasteiger partial charge on any atom is 0.310 e. The predicted octanol–water partition coefficient (Wildman–Crippen LogP) is 1.49. The number of furan rings is 1. The summed E-state index contributed by atoms with van der Waals surface area (Å²) in [4.78, 5) is 18.5. The summed E-state index contributed by atoms with van der Waals surface area (Å²) < 4.78 is 10.2. The molecule has 2 heterocycles. The fourth-order valence-corrected chi connectivity index (χ4v) is 2.58. The van der Waals surface area contributed by atoms with Gasteiger partial charge in [0.1, 0.15) is 12.3 Å². The lowest BCUT2D eigenvalue weighted by molar-refractivity contribution is -0.145. The molecule has 1 aliphatic heterocycles. The van der Waals surface area contributed by atoms with Gasteiger partial charge in [-0.25, -0.2) is 4.99 Å². The number of likely N-dealkylation sites (tertiary alicyclic amines) is 1. The quantitative estimate of drug-likeness (QED) is 0.517. The Kier molecular flexibility index (Phi) is 5.25. The third-order valence-corrected chi connectivity index (χ3v) is 3.72. The van der Waals surface area contributed by atoms with Crippen LogP contribution in [-0.4, -0.2) is 43.6 Å². The van der Waals surface area contributed by atoms with Crippen LogP contribution in [0.3, 0.4) is 0 Å². The van der Waals surface area contributed by atoms with E-state index in [1.54, 1.807) is 6.26 Å². The topological polar surface area (TPSA) is 67.1 Å². The molecule has 0 radical (unpaired) electrons. The molecular formula is C15H23N3O3. The van der Waals surface area contributed by atoms with E-state index in [2.05, 4.69) is 22.1 Å². The van der Waals surface area contributed by atoms with E-state index in [9.17, 15) is 4.79 Å². The summed E-state index contributed by atoms with van der Waals surface area (Å²) in [6.07, 6.45) is 1.64. The van der Waals surface area contributed by atoms with Crippen LogP contribution in [0.5, 0.6) is 0 Å². The summed E-state index contributed by atoms with van der Waals surface area (Å²) in [5.74, 6) is 1.65. The standard InChI is InChI=1S/C15H23N3O3/c1-4-16-15(17-8-12-6-5-7-21-12)18-9-11(2)13(10-18)14(19)20-3/h5-7,11,13H,4,8-10H2,1-3H3,(H,16,17). The number of esters is 1. The van der Waals surface area contributed by atoms with Crippen molar-refractivity contribution in [3.8, 4) is 0 Å². The molecule has 0 aromatic carbocycles. The Morgan fingerprint density at radius 2 is 2.38 bits per heavy atom. The second kappa shape index (κ2) is 7.15. The molecule has 2 unspecified atom stereocenters. The first-order valence-electron chi connectivity index (χ1n) is 7.29. The minimum Gasteiger partial charge on any atom is -0.469 e. The minimum atomic E-state index is -0.146. The highest BCUT2D eigenvalue weighted by Gasteiger charge is 2.36. The van der Waals surface area contributed by atoms with Gasteiger partial charge < -0.3 is 19.4 Å². The molecule has 0 bridgehead atoms. The van der Waals surface area contributed by atoms with Gasteiger partial charge in [-0.3, -0.25) is 4.79 Å². The van der Waals surface area contributed by atoms with Crippen LogP contribution in [0.25, 0.3) is 0 Å². The number of carbonyl (C=O) groups excluding carboxylic acids is 1. The fraction of sp³-hybridized carbons (Fsp3) is 0.600. The summed E-state index contributed by atoms with van der Waals surface area (Å²) >= 11 is 0. The number of aliphatic imine (C=N–C) groups is 1. The number of rotatable bonds is 4. The number of guanidine groups is 1. The molecule has 0 spiro atoms. The molecule has 116 valence electrons. The summed E-state index contributed by atoms with van der Waals surface area (Å²) in [5, 5.41) is 3.27. The van der Waals surface area contributed by atoms with E-state index in [-0.39, 0.29) is 17.8 Å². The maximum absolute atomic E-state index is 11.8. The highest BCUT2D eigenvalue weighted by atomic mass is 16.5. The number of methoxy groups -OCH3 is 1. The van der Waals surface area contributed by atoms with Crippen molar-refractivity contribution in [1.82, 2.24) is 10.2 Å². The number of nitrogens with one attached hydrogen (secondary N) is 1. The monoisotopic (exact) mass is 293 g/mol. The van der Waals surface area contributed by atoms with Crippen LogP contribution in [0.2, 0.25) is 0 Å². The van der Waals surface area contributed by atoms with Crippen molar-refractivity contribution < 1.29 is 13.9 Å². The molecule has 1 aromatic rings. The molecule has 2 rings (SSSR count). The van der Waals surface area contributed by atoms with Gasteiger partial charge in [-0.15, -0.1) is 0 Å². The molecule has 1 aromatic heterocycles. The molecule has 1 aliphatic rings. The van der Waals surface area contributed by atoms with Crippen molar-refractivity contribution in [2.75, 3.05) is 26.7 Å². The number of hydrogen-bond acceptors (Lipinski definition) is 4. The van der Waals surface area contributed by atoms with E-state index in [4.69, 9.17) is 9.15 Å². The van der Waals surface area contributed by atoms with E-state index in [1.807, 2.05) is 19.1 Å². The summed E-state index contributed by atoms with van der Waals surface area (Å²) in [6.45, 7) is 6.80. The van der Waals surface area contributed by atoms with Crippen LogP contribution in [0.15, 0.2) is 27.8 Å². The van der Waals surface area contributed by atoms with Crippen molar-refractivity contribution >= 4 is 11.9 Å². The van der Waals surface area contributed by atoms with E-state index < -0.39 is 0 Å². The Balaban J connectivity index is 2.05. The molecule has 1 N–H and O–H groups in total. The third-order valence-electron chi connectivity index (χ3n) is 3.72. The van der Waals surface area contributed by atoms with Crippen molar-refractivity contribution in [2.45, 2.75) is 20.4 Å². The lowest BCUT2D eigenvalue weighted by atomic mass is 9.99. The van der Waals surface area contributed by atoms with Gasteiger partial charge in [0.15, 0.2) is 5.96 Å². The normalized spacial score (nSPS) is 22.4. The van der Waals surface area contributed by atoms with Gasteiger partial charge in [0.05, 0.1) is 19.3 Å². The maximum atomic E-state index is 11.8. The second-order valence-electron chi connectivity index (χ2n) is 5.26. The lowest BCUT2D eigenvalue weighted by Crippen LogP contribution is -2.40. The largest absolute Gasteiger partial charge is 0.469 e. The smallest absolute Gasteiger partial charge is 0.310 e. The van der Waals surface area contributed by atoms with Crippen LogP contribution < -0.4 is 5.32 Å². The van der Waals surface area contributed by atoms with Crippen LogP contribution in [-0.2, 0) is 16.1 Å². The van der Waals surface area contributed by atoms with Crippen LogP contribution in [0, 0.1) is 11.8 Å². The molecule has 1 saturated heterocycles. The molecule has 21 heavy (non-hydrogen) atoms. The molecule has 0 aliphatic carbocycles. The third kappa shape index (κ3) is 3.77. The van der Waals surface area contributed by atoms with Crippen molar-refractivity contribution in [2.24, 2.45) is 16.8 Å². The number of nitrogens with zero attached hydrogens (tertiary/aromatic N) is 2. The highest BCUT2D eigenvalue weighted by molar-refractivity contribution is 5.82. The first kappa shape index (κ1) is 15.4. The van der Waals surface area contributed by atoms with Gasteiger partial charge in [-0.1, -0.05) is 6.92 Å². The molecule has 6 heteroatoms. The van der Waals surface area contributed by atoms with Crippen molar-refractivity contribution in [3.63, 3.8) is 0 Å². The number of hydrogen-bond donors (Lipinski definition) is 1. The zero-order valence-corrected chi connectivity index (χ0v) is 12.8. The van der Waals surface area contributed by atoms with Gasteiger partial charge in [0.2, 0.25) is 0 Å². The van der Waals surface area contributed by atoms with E-state index in [1.165, 1.54) is 7.11 Å². The lowest BCUT2D eigenvalue weighted by Gasteiger charge is -2.21. The second-order valence-corrected chi connectivity index (χ2v) is 5.26. The predicted molar refractivity (Wildman–Crippen MR) is 79.8 cm³/mol. The summed E-state index contributed by atoms with van der Waals surface area (Å²) in [6, 6.07) is 3.75. The first-order valence-corrected chi connectivity index (χ1v) is 7.29. The summed E-state index contributed by atoms with van der Waals surface area (Å²) in [7, 11) is 1.44. The van der Waals surface area contributed by atoms with Crippen molar-refractivity contribution in [3.05, 3.63) is 24.2 Å². The average molecular weight is 293 g/mol. The first-order chi connectivity index (χ1) is 10.2. The highest BCUT2D eigenvalue weighted by Crippen LogP contribution is 2.24. The molecule has 2 atom stereocenters. The Labute approximate surface area is 125 Å². The molecule has 1 fully saturated rings. The van der Waals surface area contributed by atoms with Gasteiger partial charge >= 0.3 is 5.97 Å². The van der Waals surface area contributed by atoms with Crippen LogP contribution in [0.4, 0.5) is 0 Å². The SMILES string of the molecule is CCNC(=NCc1ccco1)N1CC(C)C(C(=O)OC)C1. The Hall–Kier alpha value is -1.98. The van der Waals surface area contributed by atoms with E-state index in [0.29, 0.717) is 13.1 Å². The minimum absolute atomic E-state index is 0.0949. The van der Waals surface area contributed by atoms with Gasteiger partial charge in [0.25, 0.3) is 0 Å². The molecule has 0 saturated carbocycles. The zero-order chi connectivity index (χ0) is 15.2. The molecule has 0 amide bonds. The Morgan fingerprint density at radius 1 is 1.57 bits per heavy atom. The number of carbonyl (C=O) groups is 1. The molecule has 6 nitrogen and oxygen atoms in total. The van der Waals surface area contributed by atoms with Crippen molar-refractivity contribution in [1.29, 1.82) is 0 Å². The Morgan fingerprint density at radius 3 is 3.00 bits per heavy atom. The average Bonchev–Trinajstić information content (AvgIpc) is 3.12. The zero-order valence-electron chi connectivity index (χ0n) is 12.8. The van der Waals surface area contributed by atoms with E-state index in [0.717, 1.165) is 24.8 Å². The summed E-state index contributed by atoms with van der Waals surface area (Å²) in [5.41, 5.74) is 0. The molecular weight excluding hydrogens is 270 g/mol.